The molecule has 0 aromatic carbocycles. The average Bonchev–Trinajstić information content (AvgIpc) is 3.48. The Kier molecular flexibility index (Phi) is 6.71. The van der Waals surface area contributed by atoms with Gasteiger partial charge in [0, 0.05) is 29.9 Å². The zero-order chi connectivity index (χ0) is 28.4. The molecule has 9 heteroatoms. The second-order valence-corrected chi connectivity index (χ2v) is 12.7. The molecule has 8 nitrogen and oxygen atoms in total. The lowest BCUT2D eigenvalue weighted by Gasteiger charge is -2.62. The van der Waals surface area contributed by atoms with Crippen LogP contribution in [0, 0.1) is 28.6 Å². The van der Waals surface area contributed by atoms with Crippen molar-refractivity contribution in [2.45, 2.75) is 90.0 Å². The SMILES string of the molecule is CCCC1OC2C=C(C(=O)OCC(=O)[C@@H]3CC[C@H]4[C@@H]5CCC6=CC(=O)C=C[C@]6(C)C5(F)[C@@H](O)C[C@]34C)C=CN2O1. The Hall–Kier alpha value is -2.62. The maximum Gasteiger partial charge on any atom is 0.338 e. The summed E-state index contributed by atoms with van der Waals surface area (Å²) in [5.74, 6) is -1.94. The molecule has 3 unspecified atom stereocenters. The summed E-state index contributed by atoms with van der Waals surface area (Å²) in [5, 5.41) is 13.0. The summed E-state index contributed by atoms with van der Waals surface area (Å²) in [7, 11) is 0. The molecule has 2 aliphatic heterocycles. The van der Waals surface area contributed by atoms with Gasteiger partial charge in [-0.15, -0.1) is 0 Å². The fraction of sp³-hybridized carbons (Fsp3) is 0.645. The monoisotopic (exact) mass is 555 g/mol. The minimum absolute atomic E-state index is 0.0968. The number of fused-ring (bicyclic) bond motifs is 6. The summed E-state index contributed by atoms with van der Waals surface area (Å²) in [6, 6.07) is 0. The number of alkyl halides is 1. The maximum atomic E-state index is 17.2. The van der Waals surface area contributed by atoms with Gasteiger partial charge in [-0.25, -0.2) is 19.1 Å². The second kappa shape index (κ2) is 9.74. The number of rotatable bonds is 6. The van der Waals surface area contributed by atoms with Crippen LogP contribution in [-0.4, -0.2) is 58.6 Å². The molecule has 0 amide bonds. The largest absolute Gasteiger partial charge is 0.454 e. The van der Waals surface area contributed by atoms with Crippen molar-refractivity contribution in [3.05, 3.63) is 47.7 Å². The number of carbonyl (C=O) groups is 3. The zero-order valence-electron chi connectivity index (χ0n) is 23.3. The maximum absolute atomic E-state index is 17.2. The Labute approximate surface area is 233 Å². The highest BCUT2D eigenvalue weighted by molar-refractivity contribution is 6.01. The topological polar surface area (TPSA) is 102 Å². The lowest BCUT2D eigenvalue weighted by atomic mass is 9.45. The number of hydroxylamine groups is 2. The van der Waals surface area contributed by atoms with E-state index in [2.05, 4.69) is 0 Å². The molecule has 40 heavy (non-hydrogen) atoms. The molecule has 0 bridgehead atoms. The quantitative estimate of drug-likeness (QED) is 0.486. The number of nitrogens with zero attached hydrogens (tertiary/aromatic N) is 1. The molecule has 0 aromatic heterocycles. The van der Waals surface area contributed by atoms with E-state index in [0.717, 1.165) is 18.4 Å². The minimum Gasteiger partial charge on any atom is -0.454 e. The normalized spacial score (nSPS) is 43.3. The molecule has 1 saturated heterocycles. The Morgan fingerprint density at radius 2 is 2.00 bits per heavy atom. The van der Waals surface area contributed by atoms with Crippen molar-refractivity contribution in [2.75, 3.05) is 6.61 Å². The molecule has 4 aliphatic carbocycles. The summed E-state index contributed by atoms with van der Waals surface area (Å²) >= 11 is 0. The molecule has 2 heterocycles. The Bertz CT molecular complexity index is 1240. The molecule has 216 valence electrons. The third kappa shape index (κ3) is 3.99. The van der Waals surface area contributed by atoms with Crippen LogP contribution in [0.1, 0.15) is 65.7 Å². The standard InChI is InChI=1S/C31H38FNO7/c1-4-5-27-39-26-14-18(11-13-33(26)40-27)28(37)38-17-24(35)23-9-8-21-22-7-6-19-15-20(34)10-12-30(19,3)31(22,32)25(36)16-29(21,23)2/h10-15,21-23,25-27,36H,4-9,16-17H2,1-3H3/t21-,22-,23-,25-,26?,27?,29-,30-,31?/m0/s1. The van der Waals surface area contributed by atoms with Crippen LogP contribution in [0.5, 0.6) is 0 Å². The van der Waals surface area contributed by atoms with Gasteiger partial charge in [0.25, 0.3) is 0 Å². The first kappa shape index (κ1) is 27.5. The van der Waals surface area contributed by atoms with Gasteiger partial charge in [-0.3, -0.25) is 9.59 Å². The number of hydrogen-bond donors (Lipinski definition) is 1. The van der Waals surface area contributed by atoms with E-state index < -0.39 is 46.6 Å². The van der Waals surface area contributed by atoms with Gasteiger partial charge in [0.1, 0.15) is 0 Å². The smallest absolute Gasteiger partial charge is 0.338 e. The van der Waals surface area contributed by atoms with E-state index in [-0.39, 0.29) is 36.8 Å². The van der Waals surface area contributed by atoms with Gasteiger partial charge in [0.15, 0.2) is 36.4 Å². The lowest BCUT2D eigenvalue weighted by Crippen LogP contribution is -2.66. The van der Waals surface area contributed by atoms with Gasteiger partial charge >= 0.3 is 5.97 Å². The number of Topliss-reactive ketones (excluding diaryl/α,β-unsaturated/α-hetero) is 1. The summed E-state index contributed by atoms with van der Waals surface area (Å²) in [6.07, 6.45) is 11.3. The molecule has 0 aromatic rings. The fourth-order valence-electron chi connectivity index (χ4n) is 8.58. The Balaban J connectivity index is 1.13. The van der Waals surface area contributed by atoms with Gasteiger partial charge in [0.2, 0.25) is 0 Å². The number of esters is 1. The zero-order valence-corrected chi connectivity index (χ0v) is 23.3. The van der Waals surface area contributed by atoms with Crippen molar-refractivity contribution >= 4 is 17.5 Å². The molecule has 0 spiro atoms. The van der Waals surface area contributed by atoms with Crippen LogP contribution in [0.3, 0.4) is 0 Å². The second-order valence-electron chi connectivity index (χ2n) is 12.7. The number of ketones is 2. The van der Waals surface area contributed by atoms with E-state index in [4.69, 9.17) is 14.3 Å². The van der Waals surface area contributed by atoms with Crippen LogP contribution in [0.2, 0.25) is 0 Å². The summed E-state index contributed by atoms with van der Waals surface area (Å²) in [5.41, 5.74) is -2.55. The van der Waals surface area contributed by atoms with Crippen molar-refractivity contribution in [3.63, 3.8) is 0 Å². The predicted molar refractivity (Wildman–Crippen MR) is 142 cm³/mol. The first-order chi connectivity index (χ1) is 19.0. The summed E-state index contributed by atoms with van der Waals surface area (Å²) in [6.45, 7) is 5.43. The molecule has 3 saturated carbocycles. The molecule has 4 fully saturated rings. The number of aliphatic hydroxyl groups excluding tert-OH is 1. The van der Waals surface area contributed by atoms with Crippen molar-refractivity contribution in [3.8, 4) is 0 Å². The number of ether oxygens (including phenoxy) is 2. The number of hydrogen-bond acceptors (Lipinski definition) is 8. The highest BCUT2D eigenvalue weighted by atomic mass is 19.1. The van der Waals surface area contributed by atoms with Crippen LogP contribution < -0.4 is 0 Å². The van der Waals surface area contributed by atoms with Crippen LogP contribution in [0.15, 0.2) is 47.7 Å². The van der Waals surface area contributed by atoms with Crippen LogP contribution in [-0.2, 0) is 28.7 Å². The third-order valence-corrected chi connectivity index (χ3v) is 10.6. The number of aliphatic hydroxyl groups is 1. The third-order valence-electron chi connectivity index (χ3n) is 10.6. The highest BCUT2D eigenvalue weighted by Gasteiger charge is 2.70. The Morgan fingerprint density at radius 3 is 2.77 bits per heavy atom. The number of halogens is 1. The predicted octanol–water partition coefficient (Wildman–Crippen LogP) is 4.26. The molecular weight excluding hydrogens is 517 g/mol. The molecular formula is C31H38FNO7. The lowest BCUT2D eigenvalue weighted by molar-refractivity contribution is -0.196. The number of allylic oxidation sites excluding steroid dienone is 4. The highest BCUT2D eigenvalue weighted by Crippen LogP contribution is 2.68. The van der Waals surface area contributed by atoms with Gasteiger partial charge < -0.3 is 14.6 Å². The molecule has 1 N–H and O–H groups in total. The van der Waals surface area contributed by atoms with Crippen molar-refractivity contribution in [2.24, 2.45) is 28.6 Å². The van der Waals surface area contributed by atoms with Gasteiger partial charge in [-0.2, -0.15) is 0 Å². The minimum atomic E-state index is -1.92. The molecule has 6 aliphatic rings. The van der Waals surface area contributed by atoms with Crippen LogP contribution in [0.25, 0.3) is 0 Å². The van der Waals surface area contributed by atoms with E-state index in [1.54, 1.807) is 36.4 Å². The molecule has 6 rings (SSSR count). The van der Waals surface area contributed by atoms with E-state index in [1.165, 1.54) is 12.2 Å². The van der Waals surface area contributed by atoms with Gasteiger partial charge in [-0.1, -0.05) is 31.9 Å². The first-order valence-electron chi connectivity index (χ1n) is 14.5. The first-order valence-corrected chi connectivity index (χ1v) is 14.5. The van der Waals surface area contributed by atoms with Crippen LogP contribution >= 0.6 is 0 Å². The van der Waals surface area contributed by atoms with E-state index >= 15 is 4.39 Å². The average molecular weight is 556 g/mol. The fourth-order valence-corrected chi connectivity index (χ4v) is 8.58. The Morgan fingerprint density at radius 1 is 1.20 bits per heavy atom. The van der Waals surface area contributed by atoms with Gasteiger partial charge in [0.05, 0.1) is 11.7 Å². The van der Waals surface area contributed by atoms with Crippen LogP contribution in [0.4, 0.5) is 4.39 Å². The summed E-state index contributed by atoms with van der Waals surface area (Å²) in [4.78, 5) is 43.9. The number of carbonyl (C=O) groups excluding carboxylic acids is 3. The van der Waals surface area contributed by atoms with Crippen molar-refractivity contribution in [1.29, 1.82) is 0 Å². The molecule has 0 radical (unpaired) electrons. The van der Waals surface area contributed by atoms with Crippen molar-refractivity contribution < 1.29 is 38.2 Å². The van der Waals surface area contributed by atoms with E-state index in [1.807, 2.05) is 13.8 Å². The summed E-state index contributed by atoms with van der Waals surface area (Å²) < 4.78 is 28.4. The van der Waals surface area contributed by atoms with E-state index in [0.29, 0.717) is 31.3 Å². The van der Waals surface area contributed by atoms with Gasteiger partial charge in [-0.05, 0) is 74.7 Å². The molecule has 9 atom stereocenters. The van der Waals surface area contributed by atoms with E-state index in [9.17, 15) is 19.5 Å². The van der Waals surface area contributed by atoms with Crippen molar-refractivity contribution in [1.82, 2.24) is 5.06 Å².